The number of ketones is 1. The Labute approximate surface area is 151 Å². The van der Waals surface area contributed by atoms with Crippen molar-refractivity contribution in [3.63, 3.8) is 0 Å². The second kappa shape index (κ2) is 8.71. The molecule has 0 saturated heterocycles. The van der Waals surface area contributed by atoms with Crippen LogP contribution in [0.15, 0.2) is 48.5 Å². The number of phenolic OH excluding ortho intramolecular Hbond substituents is 1. The maximum atomic E-state index is 12.3. The fourth-order valence-electron chi connectivity index (χ4n) is 2.22. The Kier molecular flexibility index (Phi) is 6.38. The van der Waals surface area contributed by atoms with E-state index in [0.717, 1.165) is 0 Å². The van der Waals surface area contributed by atoms with E-state index in [4.69, 9.17) is 14.2 Å². The summed E-state index contributed by atoms with van der Waals surface area (Å²) in [6.07, 6.45) is 1.80. The molecule has 2 rings (SSSR count). The summed E-state index contributed by atoms with van der Waals surface area (Å²) < 4.78 is 15.2. The summed E-state index contributed by atoms with van der Waals surface area (Å²) in [4.78, 5) is 24.2. The summed E-state index contributed by atoms with van der Waals surface area (Å²) >= 11 is 0. The van der Waals surface area contributed by atoms with Crippen molar-refractivity contribution in [2.24, 2.45) is 0 Å². The summed E-state index contributed by atoms with van der Waals surface area (Å²) in [5.74, 6) is -0.0138. The highest BCUT2D eigenvalue weighted by molar-refractivity contribution is 6.01. The van der Waals surface area contributed by atoms with Gasteiger partial charge in [0, 0.05) is 11.6 Å². The van der Waals surface area contributed by atoms with Gasteiger partial charge in [0.2, 0.25) is 5.78 Å². The zero-order valence-corrected chi connectivity index (χ0v) is 14.8. The summed E-state index contributed by atoms with van der Waals surface area (Å²) in [5.41, 5.74) is 1.07. The highest BCUT2D eigenvalue weighted by Crippen LogP contribution is 2.26. The summed E-state index contributed by atoms with van der Waals surface area (Å²) in [5, 5.41) is 9.55. The molecule has 1 unspecified atom stereocenters. The number of carbonyl (C=O) groups excluding carboxylic acids is 2. The van der Waals surface area contributed by atoms with Crippen LogP contribution in [0.2, 0.25) is 0 Å². The van der Waals surface area contributed by atoms with Gasteiger partial charge in [0.1, 0.15) is 5.75 Å². The average Bonchev–Trinajstić information content (AvgIpc) is 2.66. The van der Waals surface area contributed by atoms with Crippen LogP contribution in [0.3, 0.4) is 0 Å². The van der Waals surface area contributed by atoms with Crippen molar-refractivity contribution in [1.82, 2.24) is 0 Å². The maximum absolute atomic E-state index is 12.3. The van der Waals surface area contributed by atoms with E-state index < -0.39 is 12.1 Å². The van der Waals surface area contributed by atoms with Crippen LogP contribution in [0.4, 0.5) is 0 Å². The molecule has 6 nitrogen and oxygen atoms in total. The number of methoxy groups -OCH3 is 2. The average molecular weight is 356 g/mol. The van der Waals surface area contributed by atoms with Gasteiger partial charge in [-0.3, -0.25) is 4.79 Å². The number of hydrogen-bond donors (Lipinski definition) is 1. The zero-order valence-electron chi connectivity index (χ0n) is 14.8. The molecule has 0 heterocycles. The number of hydrogen-bond acceptors (Lipinski definition) is 6. The van der Waals surface area contributed by atoms with Gasteiger partial charge in [-0.05, 0) is 55.0 Å². The van der Waals surface area contributed by atoms with Crippen LogP contribution in [-0.4, -0.2) is 37.2 Å². The van der Waals surface area contributed by atoms with E-state index in [2.05, 4.69) is 0 Å². The minimum atomic E-state index is -0.921. The number of aromatic hydroxyl groups is 1. The molecule has 0 amide bonds. The van der Waals surface area contributed by atoms with Crippen molar-refractivity contribution in [1.29, 1.82) is 0 Å². The summed E-state index contributed by atoms with van der Waals surface area (Å²) in [6, 6.07) is 11.2. The first-order chi connectivity index (χ1) is 12.4. The van der Waals surface area contributed by atoms with Crippen LogP contribution < -0.4 is 9.47 Å². The Hall–Kier alpha value is -3.28. The van der Waals surface area contributed by atoms with Gasteiger partial charge in [0.25, 0.3) is 0 Å². The number of Topliss-reactive ketones (excluding diaryl/α,β-unsaturated/α-hetero) is 1. The van der Waals surface area contributed by atoms with E-state index >= 15 is 0 Å². The number of ether oxygens (including phenoxy) is 3. The molecular formula is C20H20O6. The maximum Gasteiger partial charge on any atom is 0.331 e. The normalized spacial score (nSPS) is 11.8. The van der Waals surface area contributed by atoms with Gasteiger partial charge in [-0.25, -0.2) is 4.79 Å². The second-order valence-corrected chi connectivity index (χ2v) is 5.44. The lowest BCUT2D eigenvalue weighted by Crippen LogP contribution is -2.23. The van der Waals surface area contributed by atoms with E-state index in [1.54, 1.807) is 36.4 Å². The largest absolute Gasteiger partial charge is 0.504 e. The molecule has 6 heteroatoms. The van der Waals surface area contributed by atoms with Gasteiger partial charge in [-0.1, -0.05) is 6.07 Å². The molecule has 2 aromatic rings. The number of carbonyl (C=O) groups is 2. The molecule has 0 aromatic heterocycles. The van der Waals surface area contributed by atoms with Gasteiger partial charge in [0.05, 0.1) is 14.2 Å². The number of esters is 1. The lowest BCUT2D eigenvalue weighted by atomic mass is 10.1. The first-order valence-corrected chi connectivity index (χ1v) is 7.88. The lowest BCUT2D eigenvalue weighted by molar-refractivity contribution is -0.140. The van der Waals surface area contributed by atoms with E-state index in [-0.39, 0.29) is 11.5 Å². The van der Waals surface area contributed by atoms with Crippen molar-refractivity contribution >= 4 is 17.8 Å². The van der Waals surface area contributed by atoms with Gasteiger partial charge >= 0.3 is 5.97 Å². The van der Waals surface area contributed by atoms with Gasteiger partial charge < -0.3 is 19.3 Å². The Morgan fingerprint density at radius 1 is 1.04 bits per heavy atom. The van der Waals surface area contributed by atoms with Crippen LogP contribution >= 0.6 is 0 Å². The van der Waals surface area contributed by atoms with E-state index in [9.17, 15) is 14.7 Å². The van der Waals surface area contributed by atoms with Crippen LogP contribution in [-0.2, 0) is 9.53 Å². The van der Waals surface area contributed by atoms with E-state index in [1.807, 2.05) is 0 Å². The Morgan fingerprint density at radius 2 is 1.73 bits per heavy atom. The highest BCUT2D eigenvalue weighted by atomic mass is 16.5. The molecule has 0 aliphatic rings. The molecule has 0 bridgehead atoms. The molecule has 1 N–H and O–H groups in total. The van der Waals surface area contributed by atoms with Gasteiger partial charge in [-0.2, -0.15) is 0 Å². The predicted molar refractivity (Wildman–Crippen MR) is 96.6 cm³/mol. The minimum absolute atomic E-state index is 0.00550. The Bertz CT molecular complexity index is 808. The van der Waals surface area contributed by atoms with Gasteiger partial charge in [-0.15, -0.1) is 0 Å². The quantitative estimate of drug-likeness (QED) is 0.466. The minimum Gasteiger partial charge on any atom is -0.504 e. The molecule has 2 aromatic carbocycles. The van der Waals surface area contributed by atoms with Crippen molar-refractivity contribution in [2.45, 2.75) is 13.0 Å². The second-order valence-electron chi connectivity index (χ2n) is 5.44. The SMILES string of the molecule is COc1ccc(C(=O)C(C)OC(=O)/C=C/c2ccc(O)c(OC)c2)cc1. The Balaban J connectivity index is 1.98. The van der Waals surface area contributed by atoms with Crippen LogP contribution in [0.1, 0.15) is 22.8 Å². The topological polar surface area (TPSA) is 82.1 Å². The van der Waals surface area contributed by atoms with Gasteiger partial charge in [0.15, 0.2) is 17.6 Å². The molecular weight excluding hydrogens is 336 g/mol. The van der Waals surface area contributed by atoms with Crippen molar-refractivity contribution < 1.29 is 28.9 Å². The first-order valence-electron chi connectivity index (χ1n) is 7.88. The summed E-state index contributed by atoms with van der Waals surface area (Å²) in [7, 11) is 2.97. The van der Waals surface area contributed by atoms with Crippen molar-refractivity contribution in [2.75, 3.05) is 14.2 Å². The molecule has 0 aliphatic heterocycles. The molecule has 136 valence electrons. The number of benzene rings is 2. The fourth-order valence-corrected chi connectivity index (χ4v) is 2.22. The Morgan fingerprint density at radius 3 is 2.35 bits per heavy atom. The van der Waals surface area contributed by atoms with Crippen LogP contribution in [0, 0.1) is 0 Å². The van der Waals surface area contributed by atoms with Crippen LogP contribution in [0.5, 0.6) is 17.2 Å². The van der Waals surface area contributed by atoms with Crippen molar-refractivity contribution in [3.05, 3.63) is 59.7 Å². The third-order valence-electron chi connectivity index (χ3n) is 3.65. The third kappa shape index (κ3) is 4.86. The van der Waals surface area contributed by atoms with Crippen LogP contribution in [0.25, 0.3) is 6.08 Å². The molecule has 0 spiro atoms. The predicted octanol–water partition coefficient (Wildman–Crippen LogP) is 3.24. The first kappa shape index (κ1) is 19.1. The number of phenols is 1. The van der Waals surface area contributed by atoms with Crippen molar-refractivity contribution in [3.8, 4) is 17.2 Å². The smallest absolute Gasteiger partial charge is 0.331 e. The molecule has 0 saturated carbocycles. The summed E-state index contributed by atoms with van der Waals surface area (Å²) in [6.45, 7) is 1.52. The number of rotatable bonds is 7. The molecule has 0 fully saturated rings. The lowest BCUT2D eigenvalue weighted by Gasteiger charge is -2.11. The van der Waals surface area contributed by atoms with E-state index in [0.29, 0.717) is 22.6 Å². The highest BCUT2D eigenvalue weighted by Gasteiger charge is 2.18. The van der Waals surface area contributed by atoms with E-state index in [1.165, 1.54) is 39.4 Å². The fraction of sp³-hybridized carbons (Fsp3) is 0.200. The molecule has 0 radical (unpaired) electrons. The standard InChI is InChI=1S/C20H20O6/c1-13(20(23)15-6-8-16(24-2)9-7-15)26-19(22)11-5-14-4-10-17(21)18(12-14)25-3/h4-13,21H,1-3H3/b11-5+. The zero-order chi connectivity index (χ0) is 19.1. The molecule has 26 heavy (non-hydrogen) atoms. The molecule has 1 atom stereocenters. The third-order valence-corrected chi connectivity index (χ3v) is 3.65. The molecule has 0 aliphatic carbocycles. The monoisotopic (exact) mass is 356 g/mol.